The predicted octanol–water partition coefficient (Wildman–Crippen LogP) is 7.16. The average molecular weight is 499 g/mol. The molecule has 6 heteroatoms. The summed E-state index contributed by atoms with van der Waals surface area (Å²) in [5.74, 6) is -0.120. The van der Waals surface area contributed by atoms with Crippen LogP contribution in [0.1, 0.15) is 33.2 Å². The number of hydrogen-bond acceptors (Lipinski definition) is 4. The maximum absolute atomic E-state index is 13.5. The van der Waals surface area contributed by atoms with Gasteiger partial charge in [-0.2, -0.15) is 0 Å². The Bertz CT molecular complexity index is 1800. The largest absolute Gasteiger partial charge is 0.346 e. The van der Waals surface area contributed by atoms with Crippen molar-refractivity contribution in [3.05, 3.63) is 120 Å². The topological polar surface area (TPSA) is 70.7 Å². The summed E-state index contributed by atoms with van der Waals surface area (Å²) in [6.07, 6.45) is 3.47. The van der Waals surface area contributed by atoms with Gasteiger partial charge in [-0.15, -0.1) is 11.3 Å². The van der Waals surface area contributed by atoms with Crippen molar-refractivity contribution in [2.75, 3.05) is 0 Å². The molecule has 6 aromatic rings. The summed E-state index contributed by atoms with van der Waals surface area (Å²) in [6.45, 7) is 2.07. The van der Waals surface area contributed by atoms with Gasteiger partial charge >= 0.3 is 0 Å². The second-order valence-electron chi connectivity index (χ2n) is 9.16. The first kappa shape index (κ1) is 21.7. The van der Waals surface area contributed by atoms with Crippen molar-refractivity contribution >= 4 is 28.3 Å². The van der Waals surface area contributed by atoms with Crippen LogP contribution < -0.4 is 5.32 Å². The Morgan fingerprint density at radius 3 is 2.57 bits per heavy atom. The van der Waals surface area contributed by atoms with E-state index in [1.54, 1.807) is 23.6 Å². The predicted molar refractivity (Wildman–Crippen MR) is 149 cm³/mol. The number of aromatic amines is 1. The van der Waals surface area contributed by atoms with Gasteiger partial charge in [-0.3, -0.25) is 4.79 Å². The number of benzene rings is 3. The number of carbonyl (C=O) groups is 1. The van der Waals surface area contributed by atoms with Crippen LogP contribution in [0.3, 0.4) is 0 Å². The molecule has 1 amide bonds. The lowest BCUT2D eigenvalue weighted by molar-refractivity contribution is 0.0945. The fraction of sp³-hybridized carbons (Fsp3) is 0.0645. The number of rotatable bonds is 4. The highest BCUT2D eigenvalue weighted by atomic mass is 32.1. The zero-order valence-electron chi connectivity index (χ0n) is 20.0. The first-order chi connectivity index (χ1) is 18.2. The van der Waals surface area contributed by atoms with E-state index in [0.717, 1.165) is 54.3 Å². The molecule has 1 atom stereocenters. The van der Waals surface area contributed by atoms with Crippen LogP contribution in [0, 0.1) is 6.92 Å². The Hall–Kier alpha value is -4.55. The molecule has 2 N–H and O–H groups in total. The highest BCUT2D eigenvalue weighted by Crippen LogP contribution is 2.50. The molecular formula is C31H22N4OS. The lowest BCUT2D eigenvalue weighted by atomic mass is 9.97. The monoisotopic (exact) mass is 498 g/mol. The average Bonchev–Trinajstić information content (AvgIpc) is 3.65. The van der Waals surface area contributed by atoms with Gasteiger partial charge in [0.05, 0.1) is 22.2 Å². The molecule has 3 heterocycles. The van der Waals surface area contributed by atoms with Crippen molar-refractivity contribution in [3.8, 4) is 32.1 Å². The summed E-state index contributed by atoms with van der Waals surface area (Å²) in [5.41, 5.74) is 9.10. The molecule has 3 aromatic carbocycles. The van der Waals surface area contributed by atoms with Crippen LogP contribution >= 0.6 is 11.3 Å². The second-order valence-corrected chi connectivity index (χ2v) is 10.2. The SMILES string of the molecule is Cc1nc(-c2ccccc2)sc1-c1cccc2c1-c1ccccc1C2NC(=O)c1ccnc2[nH]ccc12. The van der Waals surface area contributed by atoms with E-state index in [9.17, 15) is 4.79 Å². The molecule has 3 aromatic heterocycles. The van der Waals surface area contributed by atoms with Crippen LogP contribution in [-0.4, -0.2) is 20.9 Å². The van der Waals surface area contributed by atoms with E-state index in [1.807, 2.05) is 36.5 Å². The third kappa shape index (κ3) is 3.49. The summed E-state index contributed by atoms with van der Waals surface area (Å²) in [4.78, 5) is 27.0. The third-order valence-corrected chi connectivity index (χ3v) is 8.23. The summed E-state index contributed by atoms with van der Waals surface area (Å²) in [6, 6.07) is 28.4. The van der Waals surface area contributed by atoms with Gasteiger partial charge in [-0.25, -0.2) is 9.97 Å². The van der Waals surface area contributed by atoms with Crippen LogP contribution in [0.5, 0.6) is 0 Å². The van der Waals surface area contributed by atoms with E-state index in [1.165, 1.54) is 0 Å². The van der Waals surface area contributed by atoms with Crippen molar-refractivity contribution in [3.63, 3.8) is 0 Å². The molecular weight excluding hydrogens is 476 g/mol. The molecule has 0 saturated carbocycles. The number of aryl methyl sites for hydroxylation is 1. The molecule has 37 heavy (non-hydrogen) atoms. The number of hydrogen-bond donors (Lipinski definition) is 2. The molecule has 0 radical (unpaired) electrons. The Labute approximate surface area is 217 Å². The third-order valence-electron chi connectivity index (χ3n) is 6.99. The number of H-pyrrole nitrogens is 1. The quantitative estimate of drug-likeness (QED) is 0.271. The van der Waals surface area contributed by atoms with Gasteiger partial charge in [0.25, 0.3) is 5.91 Å². The van der Waals surface area contributed by atoms with Crippen molar-refractivity contribution in [2.45, 2.75) is 13.0 Å². The maximum Gasteiger partial charge on any atom is 0.252 e. The van der Waals surface area contributed by atoms with Crippen LogP contribution in [0.25, 0.3) is 43.2 Å². The standard InChI is InChI=1S/C31H22N4OS/c1-18-28(37-31(34-18)19-8-3-2-4-9-19)25-13-7-12-24-26(25)20-10-5-6-11-21(20)27(24)35-30(36)23-15-17-33-29-22(23)14-16-32-29/h2-17,27H,1H3,(H,32,33)(H,35,36). The Balaban J connectivity index is 1.34. The van der Waals surface area contributed by atoms with Crippen molar-refractivity contribution < 1.29 is 4.79 Å². The first-order valence-corrected chi connectivity index (χ1v) is 13.0. The maximum atomic E-state index is 13.5. The number of amides is 1. The van der Waals surface area contributed by atoms with E-state index in [0.29, 0.717) is 11.2 Å². The number of fused-ring (bicyclic) bond motifs is 4. The Kier molecular flexibility index (Phi) is 5.01. The number of nitrogens with zero attached hydrogens (tertiary/aromatic N) is 2. The van der Waals surface area contributed by atoms with E-state index in [2.05, 4.69) is 70.7 Å². The summed E-state index contributed by atoms with van der Waals surface area (Å²) in [5, 5.41) is 5.14. The minimum absolute atomic E-state index is 0.120. The zero-order chi connectivity index (χ0) is 24.9. The molecule has 1 unspecified atom stereocenters. The molecule has 0 aliphatic heterocycles. The number of carbonyl (C=O) groups excluding carboxylic acids is 1. The molecule has 0 bridgehead atoms. The van der Waals surface area contributed by atoms with Gasteiger partial charge in [-0.05, 0) is 41.3 Å². The minimum atomic E-state index is -0.248. The van der Waals surface area contributed by atoms with E-state index >= 15 is 0 Å². The highest BCUT2D eigenvalue weighted by Gasteiger charge is 2.33. The van der Waals surface area contributed by atoms with Crippen LogP contribution in [-0.2, 0) is 0 Å². The van der Waals surface area contributed by atoms with Gasteiger partial charge in [0, 0.05) is 28.9 Å². The van der Waals surface area contributed by atoms with Crippen LogP contribution in [0.4, 0.5) is 0 Å². The molecule has 0 saturated heterocycles. The summed E-state index contributed by atoms with van der Waals surface area (Å²) >= 11 is 1.71. The first-order valence-electron chi connectivity index (χ1n) is 12.2. The Morgan fingerprint density at radius 2 is 1.68 bits per heavy atom. The number of aromatic nitrogens is 3. The summed E-state index contributed by atoms with van der Waals surface area (Å²) < 4.78 is 0. The second kappa shape index (κ2) is 8.54. The van der Waals surface area contributed by atoms with Gasteiger partial charge in [0.15, 0.2) is 0 Å². The molecule has 0 fully saturated rings. The fourth-order valence-corrected chi connectivity index (χ4v) is 6.42. The lowest BCUT2D eigenvalue weighted by Gasteiger charge is -2.17. The molecule has 1 aliphatic carbocycles. The number of nitrogens with one attached hydrogen (secondary N) is 2. The molecule has 7 rings (SSSR count). The normalized spacial score (nSPS) is 13.9. The van der Waals surface area contributed by atoms with Crippen molar-refractivity contribution in [1.82, 2.24) is 20.3 Å². The number of thiazole rings is 1. The van der Waals surface area contributed by atoms with E-state index in [-0.39, 0.29) is 11.9 Å². The fourth-order valence-electron chi connectivity index (χ4n) is 5.32. The zero-order valence-corrected chi connectivity index (χ0v) is 20.8. The minimum Gasteiger partial charge on any atom is -0.346 e. The molecule has 5 nitrogen and oxygen atoms in total. The smallest absolute Gasteiger partial charge is 0.252 e. The van der Waals surface area contributed by atoms with Gasteiger partial charge in [-0.1, -0.05) is 72.8 Å². The van der Waals surface area contributed by atoms with Gasteiger partial charge in [0.1, 0.15) is 10.7 Å². The van der Waals surface area contributed by atoms with Crippen molar-refractivity contribution in [2.24, 2.45) is 0 Å². The lowest BCUT2D eigenvalue weighted by Crippen LogP contribution is -2.28. The highest BCUT2D eigenvalue weighted by molar-refractivity contribution is 7.18. The Morgan fingerprint density at radius 1 is 0.892 bits per heavy atom. The molecule has 1 aliphatic rings. The van der Waals surface area contributed by atoms with E-state index in [4.69, 9.17) is 4.98 Å². The molecule has 178 valence electrons. The van der Waals surface area contributed by atoms with Gasteiger partial charge in [0.2, 0.25) is 0 Å². The molecule has 0 spiro atoms. The van der Waals surface area contributed by atoms with Gasteiger partial charge < -0.3 is 10.3 Å². The number of pyridine rings is 1. The van der Waals surface area contributed by atoms with E-state index < -0.39 is 0 Å². The van der Waals surface area contributed by atoms with Crippen LogP contribution in [0.15, 0.2) is 97.3 Å². The van der Waals surface area contributed by atoms with Crippen LogP contribution in [0.2, 0.25) is 0 Å². The van der Waals surface area contributed by atoms with Crippen molar-refractivity contribution in [1.29, 1.82) is 0 Å². The summed E-state index contributed by atoms with van der Waals surface area (Å²) in [7, 11) is 0.